The van der Waals surface area contributed by atoms with Crippen molar-refractivity contribution in [1.29, 1.82) is 0 Å². The second-order valence-corrected chi connectivity index (χ2v) is 16.5. The Morgan fingerprint density at radius 3 is 2.41 bits per heavy atom. The van der Waals surface area contributed by atoms with Crippen LogP contribution < -0.4 is 9.64 Å². The fourth-order valence-electron chi connectivity index (χ4n) is 8.16. The predicted molar refractivity (Wildman–Crippen MR) is 221 cm³/mol. The Morgan fingerprint density at radius 1 is 0.914 bits per heavy atom. The molecule has 1 aliphatic carbocycles. The number of methoxy groups -OCH3 is 1. The van der Waals surface area contributed by atoms with Gasteiger partial charge in [-0.3, -0.25) is 9.69 Å². The zero-order valence-corrected chi connectivity index (χ0v) is 33.9. The number of benzene rings is 3. The number of rotatable bonds is 10. The first-order valence-corrected chi connectivity index (χ1v) is 20.1. The van der Waals surface area contributed by atoms with Gasteiger partial charge < -0.3 is 19.1 Å². The highest BCUT2D eigenvalue weighted by Crippen LogP contribution is 2.39. The fourth-order valence-corrected chi connectivity index (χ4v) is 8.16. The van der Waals surface area contributed by atoms with Crippen LogP contribution in [0.5, 0.6) is 5.75 Å². The van der Waals surface area contributed by atoms with Gasteiger partial charge in [-0.2, -0.15) is 0 Å². The van der Waals surface area contributed by atoms with Crippen molar-refractivity contribution in [2.75, 3.05) is 25.1 Å². The molecule has 2 aliphatic heterocycles. The second-order valence-electron chi connectivity index (χ2n) is 16.5. The molecule has 3 aromatic carbocycles. The monoisotopic (exact) mass is 784 g/mol. The summed E-state index contributed by atoms with van der Waals surface area (Å²) in [5.74, 6) is -0.433. The van der Waals surface area contributed by atoms with E-state index < -0.39 is 41.6 Å². The normalized spacial score (nSPS) is 20.1. The molecule has 3 aliphatic rings. The first kappa shape index (κ1) is 40.2. The zero-order chi connectivity index (χ0) is 41.0. The topological polar surface area (TPSA) is 119 Å². The Labute approximate surface area is 340 Å². The molecule has 11 heteroatoms. The molecule has 0 N–H and O–H groups in total. The van der Waals surface area contributed by atoms with Gasteiger partial charge in [0.1, 0.15) is 23.8 Å². The Bertz CT molecular complexity index is 2160. The lowest BCUT2D eigenvalue weighted by molar-refractivity contribution is -0.171. The number of hydrogen-bond donors (Lipinski definition) is 0. The summed E-state index contributed by atoms with van der Waals surface area (Å²) in [5.41, 5.74) is 5.27. The number of ether oxygens (including phenoxy) is 3. The van der Waals surface area contributed by atoms with Gasteiger partial charge in [-0.25, -0.2) is 24.3 Å². The summed E-state index contributed by atoms with van der Waals surface area (Å²) < 4.78 is 16.9. The van der Waals surface area contributed by atoms with Crippen LogP contribution in [-0.2, 0) is 38.6 Å². The molecule has 0 radical (unpaired) electrons. The van der Waals surface area contributed by atoms with Crippen LogP contribution in [0.3, 0.4) is 0 Å². The van der Waals surface area contributed by atoms with Crippen molar-refractivity contribution in [2.45, 2.75) is 90.0 Å². The van der Waals surface area contributed by atoms with E-state index in [1.165, 1.54) is 21.6 Å². The molecule has 2 saturated heterocycles. The highest BCUT2D eigenvalue weighted by atomic mass is 16.6. The van der Waals surface area contributed by atoms with Gasteiger partial charge in [0.2, 0.25) is 5.91 Å². The number of amides is 4. The van der Waals surface area contributed by atoms with Gasteiger partial charge in [-0.15, -0.1) is 0 Å². The van der Waals surface area contributed by atoms with Crippen molar-refractivity contribution >= 4 is 35.9 Å². The number of carbonyl (C=O) groups excluding carboxylic acids is 4. The Kier molecular flexibility index (Phi) is 12.0. The summed E-state index contributed by atoms with van der Waals surface area (Å²) >= 11 is 0. The standard InChI is InChI=1S/C47H52N4O7/c1-31-12-9-18-39-37(31)16-10-17-38(39)35-15-11-25-49(29-35)45(54)51-42(44(53)57-30-33-13-7-6-8-14-33)40(43(51)52)26-34-23-24-48-41(27-34)50(46(55)58-47(2,3)4)28-32-19-21-36(56-5)22-20-32/h6-10,13-14,16-24,27,31,35,40,42H,11-12,15,25-26,28-30H2,1-5H3/t31?,35?,40-,42+/m1/s1. The van der Waals surface area contributed by atoms with Crippen LogP contribution in [0.1, 0.15) is 92.2 Å². The summed E-state index contributed by atoms with van der Waals surface area (Å²) in [6.45, 7) is 8.71. The van der Waals surface area contributed by atoms with Crippen molar-refractivity contribution in [2.24, 2.45) is 5.92 Å². The third-order valence-corrected chi connectivity index (χ3v) is 11.2. The third kappa shape index (κ3) is 8.93. The van der Waals surface area contributed by atoms with Gasteiger partial charge in [0.25, 0.3) is 0 Å². The van der Waals surface area contributed by atoms with Crippen LogP contribution in [0, 0.1) is 5.92 Å². The molecule has 4 amide bonds. The third-order valence-electron chi connectivity index (χ3n) is 11.2. The number of pyridine rings is 1. The number of carbonyl (C=O) groups is 4. The van der Waals surface area contributed by atoms with E-state index in [0.29, 0.717) is 36.1 Å². The molecule has 4 aromatic rings. The Morgan fingerprint density at radius 2 is 1.67 bits per heavy atom. The van der Waals surface area contributed by atoms with Crippen molar-refractivity contribution in [3.05, 3.63) is 131 Å². The summed E-state index contributed by atoms with van der Waals surface area (Å²) in [5, 5.41) is 0. The van der Waals surface area contributed by atoms with Crippen LogP contribution in [0.25, 0.3) is 6.08 Å². The number of urea groups is 1. The Balaban J connectivity index is 1.13. The SMILES string of the molecule is COc1ccc(CN(C(=O)OC(C)(C)C)c2cc(C[C@H]3C(=O)N(C(=O)N4CCCC(c5cccc6c5C=CCC6C)C4)[C@@H]3C(=O)OCc3ccccc3)ccn2)cc1. The van der Waals surface area contributed by atoms with Gasteiger partial charge in [-0.05, 0) is 110 Å². The van der Waals surface area contributed by atoms with Gasteiger partial charge in [0.15, 0.2) is 6.04 Å². The highest BCUT2D eigenvalue weighted by Gasteiger charge is 2.56. The van der Waals surface area contributed by atoms with Crippen LogP contribution in [-0.4, -0.2) is 70.6 Å². The minimum atomic E-state index is -1.13. The highest BCUT2D eigenvalue weighted by molar-refractivity contribution is 6.08. The quantitative estimate of drug-likeness (QED) is 0.116. The number of β-lactam (4-membered cyclic amide) rings is 1. The lowest BCUT2D eigenvalue weighted by Crippen LogP contribution is -2.69. The number of esters is 1. The van der Waals surface area contributed by atoms with E-state index in [1.54, 1.807) is 51.1 Å². The molecule has 302 valence electrons. The van der Waals surface area contributed by atoms with Crippen LogP contribution in [0.4, 0.5) is 15.4 Å². The van der Waals surface area contributed by atoms with Crippen LogP contribution >= 0.6 is 0 Å². The van der Waals surface area contributed by atoms with E-state index in [1.807, 2.05) is 54.6 Å². The van der Waals surface area contributed by atoms with Crippen molar-refractivity contribution in [3.8, 4) is 5.75 Å². The molecule has 7 rings (SSSR count). The van der Waals surface area contributed by atoms with Crippen molar-refractivity contribution < 1.29 is 33.4 Å². The molecular weight excluding hydrogens is 733 g/mol. The van der Waals surface area contributed by atoms with E-state index in [9.17, 15) is 19.2 Å². The van der Waals surface area contributed by atoms with Crippen molar-refractivity contribution in [3.63, 3.8) is 0 Å². The number of aromatic nitrogens is 1. The number of allylic oxidation sites excluding steroid dienone is 1. The average Bonchev–Trinajstić information content (AvgIpc) is 3.22. The molecule has 4 atom stereocenters. The van der Waals surface area contributed by atoms with Crippen molar-refractivity contribution in [1.82, 2.24) is 14.8 Å². The summed E-state index contributed by atoms with van der Waals surface area (Å²) in [6.07, 6.45) is 8.21. The van der Waals surface area contributed by atoms with E-state index in [-0.39, 0.29) is 25.5 Å². The van der Waals surface area contributed by atoms with E-state index in [0.717, 1.165) is 35.3 Å². The number of likely N-dealkylation sites (tertiary alicyclic amines) is 2. The number of fused-ring (bicyclic) bond motifs is 1. The molecule has 3 heterocycles. The first-order valence-electron chi connectivity index (χ1n) is 20.1. The summed E-state index contributed by atoms with van der Waals surface area (Å²) in [7, 11) is 1.59. The molecule has 11 nitrogen and oxygen atoms in total. The minimum absolute atomic E-state index is 0.00553. The maximum atomic E-state index is 14.4. The molecule has 1 aromatic heterocycles. The maximum absolute atomic E-state index is 14.4. The van der Waals surface area contributed by atoms with Gasteiger partial charge in [0, 0.05) is 25.2 Å². The number of hydrogen-bond acceptors (Lipinski definition) is 8. The molecule has 0 bridgehead atoms. The largest absolute Gasteiger partial charge is 0.497 e. The summed E-state index contributed by atoms with van der Waals surface area (Å²) in [4.78, 5) is 64.9. The lowest BCUT2D eigenvalue weighted by atomic mass is 9.80. The van der Waals surface area contributed by atoms with Crippen LogP contribution in [0.15, 0.2) is 97.2 Å². The van der Waals surface area contributed by atoms with E-state index in [4.69, 9.17) is 14.2 Å². The molecule has 2 fully saturated rings. The second kappa shape index (κ2) is 17.3. The summed E-state index contributed by atoms with van der Waals surface area (Å²) in [6, 6.07) is 25.0. The number of anilines is 1. The number of nitrogens with zero attached hydrogens (tertiary/aromatic N) is 4. The first-order chi connectivity index (χ1) is 27.9. The lowest BCUT2D eigenvalue weighted by Gasteiger charge is -2.47. The minimum Gasteiger partial charge on any atom is -0.497 e. The van der Waals surface area contributed by atoms with Gasteiger partial charge in [-0.1, -0.05) is 79.7 Å². The Hall–Kier alpha value is -5.97. The smallest absolute Gasteiger partial charge is 0.416 e. The van der Waals surface area contributed by atoms with Crippen LogP contribution in [0.2, 0.25) is 0 Å². The predicted octanol–water partition coefficient (Wildman–Crippen LogP) is 8.66. The number of piperidine rings is 1. The fraction of sp³-hybridized carbons (Fsp3) is 0.383. The molecule has 58 heavy (non-hydrogen) atoms. The van der Waals surface area contributed by atoms with E-state index >= 15 is 0 Å². The van der Waals surface area contributed by atoms with E-state index in [2.05, 4.69) is 42.3 Å². The molecule has 0 spiro atoms. The average molecular weight is 785 g/mol. The maximum Gasteiger partial charge on any atom is 0.416 e. The molecular formula is C47H52N4O7. The molecule has 2 unspecified atom stereocenters. The van der Waals surface area contributed by atoms with Gasteiger partial charge in [0.05, 0.1) is 19.6 Å². The molecule has 0 saturated carbocycles. The van der Waals surface area contributed by atoms with Gasteiger partial charge >= 0.3 is 18.1 Å². The zero-order valence-electron chi connectivity index (χ0n) is 33.9. The number of imide groups is 1.